The summed E-state index contributed by atoms with van der Waals surface area (Å²) in [5.74, 6) is 0.529. The molecule has 1 fully saturated rings. The van der Waals surface area contributed by atoms with E-state index in [9.17, 15) is 4.79 Å². The van der Waals surface area contributed by atoms with Crippen LogP contribution >= 0.6 is 0 Å². The van der Waals surface area contributed by atoms with Crippen LogP contribution in [0.3, 0.4) is 0 Å². The zero-order chi connectivity index (χ0) is 18.8. The Labute approximate surface area is 158 Å². The minimum atomic E-state index is 0.0433. The molecule has 5 nitrogen and oxygen atoms in total. The fraction of sp³-hybridized carbons (Fsp3) is 0.667. The van der Waals surface area contributed by atoms with E-state index in [2.05, 4.69) is 55.3 Å². The van der Waals surface area contributed by atoms with Crippen molar-refractivity contribution in [3.05, 3.63) is 35.4 Å². The Balaban J connectivity index is 1.90. The first-order chi connectivity index (χ1) is 12.6. The first-order valence-corrected chi connectivity index (χ1v) is 10.0. The fourth-order valence-corrected chi connectivity index (χ4v) is 3.13. The van der Waals surface area contributed by atoms with Gasteiger partial charge in [0.15, 0.2) is 0 Å². The van der Waals surface area contributed by atoms with Gasteiger partial charge in [0, 0.05) is 39.3 Å². The molecule has 0 unspecified atom stereocenters. The van der Waals surface area contributed by atoms with E-state index < -0.39 is 0 Å². The molecule has 1 aromatic carbocycles. The Hall–Kier alpha value is -1.59. The molecule has 26 heavy (non-hydrogen) atoms. The third kappa shape index (κ3) is 6.96. The van der Waals surface area contributed by atoms with Gasteiger partial charge in [0.05, 0.1) is 13.2 Å². The highest BCUT2D eigenvalue weighted by molar-refractivity contribution is 5.74. The smallest absolute Gasteiger partial charge is 0.317 e. The molecule has 5 heteroatoms. The molecular weight excluding hydrogens is 326 g/mol. The van der Waals surface area contributed by atoms with Crippen molar-refractivity contribution >= 4 is 6.03 Å². The van der Waals surface area contributed by atoms with E-state index in [4.69, 9.17) is 4.74 Å². The largest absolute Gasteiger partial charge is 0.379 e. The van der Waals surface area contributed by atoms with Gasteiger partial charge in [0.25, 0.3) is 0 Å². The Bertz CT molecular complexity index is 525. The standard InChI is InChI=1S/C21H35N3O2/c1-4-10-22-21(25)24(12-5-11-23-13-15-26-16-14-23)17-19-6-8-20(9-7-19)18(2)3/h6-9,18H,4-5,10-17H2,1-3H3,(H,22,25). The predicted octanol–water partition coefficient (Wildman–Crippen LogP) is 3.45. The molecule has 0 bridgehead atoms. The Kier molecular flexibility index (Phi) is 8.92. The second-order valence-corrected chi connectivity index (χ2v) is 7.36. The van der Waals surface area contributed by atoms with E-state index in [1.165, 1.54) is 11.1 Å². The molecule has 1 N–H and O–H groups in total. The summed E-state index contributed by atoms with van der Waals surface area (Å²) in [5.41, 5.74) is 2.52. The van der Waals surface area contributed by atoms with E-state index in [0.29, 0.717) is 12.5 Å². The molecule has 2 rings (SSSR count). The number of carbonyl (C=O) groups excluding carboxylic acids is 1. The van der Waals surface area contributed by atoms with Crippen molar-refractivity contribution in [2.24, 2.45) is 0 Å². The van der Waals surface area contributed by atoms with Crippen LogP contribution in [-0.4, -0.2) is 61.8 Å². The molecule has 0 aliphatic carbocycles. The summed E-state index contributed by atoms with van der Waals surface area (Å²) >= 11 is 0. The summed E-state index contributed by atoms with van der Waals surface area (Å²) < 4.78 is 5.40. The topological polar surface area (TPSA) is 44.8 Å². The summed E-state index contributed by atoms with van der Waals surface area (Å²) in [4.78, 5) is 16.9. The van der Waals surface area contributed by atoms with Gasteiger partial charge < -0.3 is 15.0 Å². The number of hydrogen-bond acceptors (Lipinski definition) is 3. The van der Waals surface area contributed by atoms with Gasteiger partial charge >= 0.3 is 6.03 Å². The van der Waals surface area contributed by atoms with E-state index in [1.807, 2.05) is 4.90 Å². The lowest BCUT2D eigenvalue weighted by molar-refractivity contribution is 0.0364. The van der Waals surface area contributed by atoms with Crippen molar-refractivity contribution in [3.8, 4) is 0 Å². The van der Waals surface area contributed by atoms with Gasteiger partial charge in [-0.2, -0.15) is 0 Å². The van der Waals surface area contributed by atoms with Gasteiger partial charge in [-0.3, -0.25) is 4.90 Å². The van der Waals surface area contributed by atoms with E-state index >= 15 is 0 Å². The average Bonchev–Trinajstić information content (AvgIpc) is 2.66. The zero-order valence-electron chi connectivity index (χ0n) is 16.7. The van der Waals surface area contributed by atoms with Gasteiger partial charge in [-0.05, 0) is 29.9 Å². The number of rotatable bonds is 9. The number of urea groups is 1. The number of carbonyl (C=O) groups is 1. The van der Waals surface area contributed by atoms with Crippen LogP contribution in [0.15, 0.2) is 24.3 Å². The minimum absolute atomic E-state index is 0.0433. The third-order valence-corrected chi connectivity index (χ3v) is 4.84. The SMILES string of the molecule is CCCNC(=O)N(CCCN1CCOCC1)Cc1ccc(C(C)C)cc1. The molecule has 0 saturated carbocycles. The summed E-state index contributed by atoms with van der Waals surface area (Å²) in [7, 11) is 0. The molecule has 1 aromatic rings. The molecule has 1 heterocycles. The van der Waals surface area contributed by atoms with Crippen molar-refractivity contribution in [2.45, 2.75) is 46.1 Å². The Morgan fingerprint density at radius 2 is 1.92 bits per heavy atom. The maximum absolute atomic E-state index is 12.5. The van der Waals surface area contributed by atoms with Crippen LogP contribution < -0.4 is 5.32 Å². The van der Waals surface area contributed by atoms with Crippen LogP contribution in [0.1, 0.15) is 50.7 Å². The number of ether oxygens (including phenoxy) is 1. The number of amides is 2. The van der Waals surface area contributed by atoms with Gasteiger partial charge in [-0.15, -0.1) is 0 Å². The summed E-state index contributed by atoms with van der Waals surface area (Å²) in [6.45, 7) is 13.3. The molecule has 1 aliphatic heterocycles. The first-order valence-electron chi connectivity index (χ1n) is 10.0. The van der Waals surface area contributed by atoms with Crippen LogP contribution in [0.25, 0.3) is 0 Å². The van der Waals surface area contributed by atoms with Crippen LogP contribution in [0.2, 0.25) is 0 Å². The van der Waals surface area contributed by atoms with Crippen molar-refractivity contribution in [3.63, 3.8) is 0 Å². The fourth-order valence-electron chi connectivity index (χ4n) is 3.13. The lowest BCUT2D eigenvalue weighted by Gasteiger charge is -2.28. The number of nitrogens with one attached hydrogen (secondary N) is 1. The van der Waals surface area contributed by atoms with E-state index in [-0.39, 0.29) is 6.03 Å². The maximum atomic E-state index is 12.5. The summed E-state index contributed by atoms with van der Waals surface area (Å²) in [6.07, 6.45) is 1.94. The summed E-state index contributed by atoms with van der Waals surface area (Å²) in [6, 6.07) is 8.70. The molecule has 0 radical (unpaired) electrons. The van der Waals surface area contributed by atoms with Gasteiger partial charge in [0.1, 0.15) is 0 Å². The number of nitrogens with zero attached hydrogens (tertiary/aromatic N) is 2. The maximum Gasteiger partial charge on any atom is 0.317 e. The molecule has 1 saturated heterocycles. The van der Waals surface area contributed by atoms with Crippen molar-refractivity contribution in [2.75, 3.05) is 45.9 Å². The summed E-state index contributed by atoms with van der Waals surface area (Å²) in [5, 5.41) is 3.02. The molecule has 0 atom stereocenters. The van der Waals surface area contributed by atoms with Gasteiger partial charge in [-0.1, -0.05) is 45.0 Å². The molecule has 146 valence electrons. The Morgan fingerprint density at radius 3 is 2.54 bits per heavy atom. The minimum Gasteiger partial charge on any atom is -0.379 e. The number of hydrogen-bond donors (Lipinski definition) is 1. The average molecular weight is 362 g/mol. The predicted molar refractivity (Wildman–Crippen MR) is 107 cm³/mol. The van der Waals surface area contributed by atoms with Gasteiger partial charge in [0.2, 0.25) is 0 Å². The van der Waals surface area contributed by atoms with Crippen molar-refractivity contribution in [1.29, 1.82) is 0 Å². The molecule has 0 aromatic heterocycles. The van der Waals surface area contributed by atoms with Crippen molar-refractivity contribution < 1.29 is 9.53 Å². The molecular formula is C21H35N3O2. The quantitative estimate of drug-likeness (QED) is 0.733. The van der Waals surface area contributed by atoms with Crippen molar-refractivity contribution in [1.82, 2.24) is 15.1 Å². The highest BCUT2D eigenvalue weighted by atomic mass is 16.5. The lowest BCUT2D eigenvalue weighted by atomic mass is 10.0. The number of benzene rings is 1. The molecule has 0 spiro atoms. The number of morpholine rings is 1. The van der Waals surface area contributed by atoms with Crippen LogP contribution in [-0.2, 0) is 11.3 Å². The molecule has 1 aliphatic rings. The van der Waals surface area contributed by atoms with Crippen LogP contribution in [0.4, 0.5) is 4.79 Å². The van der Waals surface area contributed by atoms with Crippen LogP contribution in [0, 0.1) is 0 Å². The van der Waals surface area contributed by atoms with Crippen LogP contribution in [0.5, 0.6) is 0 Å². The van der Waals surface area contributed by atoms with Gasteiger partial charge in [-0.25, -0.2) is 4.79 Å². The third-order valence-electron chi connectivity index (χ3n) is 4.84. The van der Waals surface area contributed by atoms with E-state index in [1.54, 1.807) is 0 Å². The lowest BCUT2D eigenvalue weighted by Crippen LogP contribution is -2.42. The highest BCUT2D eigenvalue weighted by Gasteiger charge is 2.15. The normalized spacial score (nSPS) is 15.2. The second-order valence-electron chi connectivity index (χ2n) is 7.36. The monoisotopic (exact) mass is 361 g/mol. The Morgan fingerprint density at radius 1 is 1.23 bits per heavy atom. The molecule has 2 amide bonds. The zero-order valence-corrected chi connectivity index (χ0v) is 16.7. The van der Waals surface area contributed by atoms with E-state index in [0.717, 1.165) is 58.8 Å². The second kappa shape index (κ2) is 11.2. The highest BCUT2D eigenvalue weighted by Crippen LogP contribution is 2.16. The first kappa shape index (κ1) is 20.7.